The van der Waals surface area contributed by atoms with Gasteiger partial charge in [-0.2, -0.15) is 0 Å². The Kier molecular flexibility index (Phi) is 5.71. The van der Waals surface area contributed by atoms with Gasteiger partial charge in [0, 0.05) is 11.6 Å². The van der Waals surface area contributed by atoms with Crippen molar-refractivity contribution < 1.29 is 14.4 Å². The molecule has 4 nitrogen and oxygen atoms in total. The number of amides is 2. The summed E-state index contributed by atoms with van der Waals surface area (Å²) in [5.41, 5.74) is 1.06. The molecule has 0 radical (unpaired) electrons. The number of ketones is 1. The maximum absolute atomic E-state index is 12.8. The highest BCUT2D eigenvalue weighted by Crippen LogP contribution is 2.32. The first kappa shape index (κ1) is 18.1. The Labute approximate surface area is 143 Å². The molecule has 0 aromatic heterocycles. The van der Waals surface area contributed by atoms with E-state index in [1.54, 1.807) is 44.2 Å². The first-order valence-corrected chi connectivity index (χ1v) is 8.46. The van der Waals surface area contributed by atoms with Crippen molar-refractivity contribution in [3.8, 4) is 0 Å². The zero-order valence-electron chi connectivity index (χ0n) is 14.8. The molecule has 1 aliphatic heterocycles. The van der Waals surface area contributed by atoms with Gasteiger partial charge in [-0.05, 0) is 50.3 Å². The van der Waals surface area contributed by atoms with E-state index in [4.69, 9.17) is 0 Å². The molecule has 1 aromatic carbocycles. The van der Waals surface area contributed by atoms with Crippen LogP contribution in [0.5, 0.6) is 0 Å². The molecule has 2 atom stereocenters. The molecular formula is C20H25NO3. The third-order valence-electron chi connectivity index (χ3n) is 4.53. The number of carbonyl (C=O) groups is 3. The molecule has 0 saturated carbocycles. The summed E-state index contributed by atoms with van der Waals surface area (Å²) in [6, 6.07) is 8.57. The maximum Gasteiger partial charge on any atom is 0.260 e. The topological polar surface area (TPSA) is 54.5 Å². The van der Waals surface area contributed by atoms with Crippen LogP contribution in [0.4, 0.5) is 0 Å². The third kappa shape index (κ3) is 3.64. The number of imide groups is 1. The molecule has 4 heteroatoms. The van der Waals surface area contributed by atoms with Crippen LogP contribution in [0.3, 0.4) is 0 Å². The van der Waals surface area contributed by atoms with Gasteiger partial charge in [-0.3, -0.25) is 19.3 Å². The van der Waals surface area contributed by atoms with E-state index < -0.39 is 5.92 Å². The lowest BCUT2D eigenvalue weighted by Gasteiger charge is -2.24. The van der Waals surface area contributed by atoms with Crippen LogP contribution in [0.15, 0.2) is 42.0 Å². The molecule has 128 valence electrons. The fraction of sp³-hybridized carbons (Fsp3) is 0.450. The van der Waals surface area contributed by atoms with Crippen molar-refractivity contribution in [2.24, 2.45) is 11.8 Å². The van der Waals surface area contributed by atoms with Gasteiger partial charge < -0.3 is 0 Å². The van der Waals surface area contributed by atoms with E-state index in [1.807, 2.05) is 6.07 Å². The van der Waals surface area contributed by atoms with Crippen molar-refractivity contribution >= 4 is 17.6 Å². The number of carbonyl (C=O) groups excluding carboxylic acids is 3. The molecular weight excluding hydrogens is 302 g/mol. The molecule has 1 aromatic rings. The van der Waals surface area contributed by atoms with Crippen LogP contribution in [0.25, 0.3) is 0 Å². The van der Waals surface area contributed by atoms with E-state index in [1.165, 1.54) is 4.90 Å². The van der Waals surface area contributed by atoms with Gasteiger partial charge >= 0.3 is 0 Å². The van der Waals surface area contributed by atoms with Crippen LogP contribution in [-0.4, -0.2) is 28.5 Å². The van der Waals surface area contributed by atoms with E-state index in [2.05, 4.69) is 13.8 Å². The quantitative estimate of drug-likeness (QED) is 0.471. The van der Waals surface area contributed by atoms with E-state index in [-0.39, 0.29) is 23.6 Å². The van der Waals surface area contributed by atoms with Gasteiger partial charge in [-0.25, -0.2) is 0 Å². The van der Waals surface area contributed by atoms with Crippen LogP contribution in [-0.2, 0) is 9.59 Å². The highest BCUT2D eigenvalue weighted by atomic mass is 16.2. The molecule has 0 N–H and O–H groups in total. The van der Waals surface area contributed by atoms with E-state index >= 15 is 0 Å². The van der Waals surface area contributed by atoms with Crippen molar-refractivity contribution in [1.29, 1.82) is 0 Å². The zero-order valence-corrected chi connectivity index (χ0v) is 14.8. The number of Topliss-reactive ketones (excluding diaryl/α,β-unsaturated/α-hetero) is 1. The number of nitrogens with zero attached hydrogens (tertiary/aromatic N) is 1. The van der Waals surface area contributed by atoms with Crippen LogP contribution in [0.1, 0.15) is 50.9 Å². The number of hydrogen-bond acceptors (Lipinski definition) is 3. The monoisotopic (exact) mass is 327 g/mol. The van der Waals surface area contributed by atoms with Crippen LogP contribution < -0.4 is 0 Å². The first-order chi connectivity index (χ1) is 11.4. The Morgan fingerprint density at radius 1 is 1.25 bits per heavy atom. The summed E-state index contributed by atoms with van der Waals surface area (Å²) in [6.45, 7) is 7.61. The Morgan fingerprint density at radius 3 is 2.42 bits per heavy atom. The number of rotatable bonds is 5. The summed E-state index contributed by atoms with van der Waals surface area (Å²) in [5, 5.41) is 0. The summed E-state index contributed by atoms with van der Waals surface area (Å²) in [7, 11) is 0. The fourth-order valence-electron chi connectivity index (χ4n) is 3.19. The second-order valence-corrected chi connectivity index (χ2v) is 6.79. The summed E-state index contributed by atoms with van der Waals surface area (Å²) < 4.78 is 0. The van der Waals surface area contributed by atoms with Gasteiger partial charge in [0.15, 0.2) is 5.78 Å². The smallest absolute Gasteiger partial charge is 0.260 e. The summed E-state index contributed by atoms with van der Waals surface area (Å²) >= 11 is 0. The Hall–Kier alpha value is -2.23. The molecule has 0 spiro atoms. The molecule has 0 aliphatic carbocycles. The van der Waals surface area contributed by atoms with Crippen molar-refractivity contribution in [2.45, 2.75) is 46.6 Å². The lowest BCUT2D eigenvalue weighted by Crippen LogP contribution is -2.40. The number of benzene rings is 1. The number of allylic oxidation sites excluding steroid dienone is 2. The predicted molar refractivity (Wildman–Crippen MR) is 93.4 cm³/mol. The van der Waals surface area contributed by atoms with Crippen molar-refractivity contribution in [1.82, 2.24) is 4.90 Å². The van der Waals surface area contributed by atoms with Gasteiger partial charge in [-0.1, -0.05) is 38.1 Å². The molecule has 1 saturated heterocycles. The highest BCUT2D eigenvalue weighted by Gasteiger charge is 2.46. The minimum Gasteiger partial charge on any atom is -0.294 e. The van der Waals surface area contributed by atoms with E-state index in [9.17, 15) is 14.4 Å². The third-order valence-corrected chi connectivity index (χ3v) is 4.53. The minimum atomic E-state index is -0.738. The van der Waals surface area contributed by atoms with Gasteiger partial charge in [-0.15, -0.1) is 0 Å². The number of likely N-dealkylation sites (tertiary alicyclic amines) is 1. The van der Waals surface area contributed by atoms with Crippen molar-refractivity contribution in [3.63, 3.8) is 0 Å². The second kappa shape index (κ2) is 7.56. The molecule has 0 bridgehead atoms. The number of hydrogen-bond donors (Lipinski definition) is 0. The van der Waals surface area contributed by atoms with Gasteiger partial charge in [0.05, 0.1) is 0 Å². The van der Waals surface area contributed by atoms with Crippen LogP contribution >= 0.6 is 0 Å². The lowest BCUT2D eigenvalue weighted by molar-refractivity contribution is -0.134. The van der Waals surface area contributed by atoms with Gasteiger partial charge in [0.2, 0.25) is 5.91 Å². The average molecular weight is 327 g/mol. The standard InChI is InChI=1S/C20H25NO3/c1-5-14(4)18(22)17-12-16(11-13(2)3)21(20(17)24)19(23)15-9-7-6-8-10-15/h5-10,13,16-17H,11-12H2,1-4H3/b14-5+/t16-,17?/m0/s1. The Balaban J connectivity index is 2.33. The predicted octanol–water partition coefficient (Wildman–Crippen LogP) is 3.63. The molecule has 1 heterocycles. The van der Waals surface area contributed by atoms with Crippen molar-refractivity contribution in [3.05, 3.63) is 47.5 Å². The Morgan fingerprint density at radius 2 is 1.88 bits per heavy atom. The van der Waals surface area contributed by atoms with Crippen LogP contribution in [0, 0.1) is 11.8 Å². The molecule has 1 aliphatic rings. The average Bonchev–Trinajstić information content (AvgIpc) is 2.89. The molecule has 2 amide bonds. The summed E-state index contributed by atoms with van der Waals surface area (Å²) in [6.07, 6.45) is 2.84. The molecule has 24 heavy (non-hydrogen) atoms. The van der Waals surface area contributed by atoms with Gasteiger partial charge in [0.1, 0.15) is 5.92 Å². The normalized spacial score (nSPS) is 21.5. The Bertz CT molecular complexity index is 661. The molecule has 1 fully saturated rings. The minimum absolute atomic E-state index is 0.167. The molecule has 1 unspecified atom stereocenters. The largest absolute Gasteiger partial charge is 0.294 e. The van der Waals surface area contributed by atoms with Crippen molar-refractivity contribution in [2.75, 3.05) is 0 Å². The SMILES string of the molecule is C/C=C(\C)C(=O)C1C[C@H](CC(C)C)N(C(=O)c2ccccc2)C1=O. The van der Waals surface area contributed by atoms with Crippen LogP contribution in [0.2, 0.25) is 0 Å². The summed E-state index contributed by atoms with van der Waals surface area (Å²) in [5.74, 6) is -1.23. The molecule has 2 rings (SSSR count). The maximum atomic E-state index is 12.8. The zero-order chi connectivity index (χ0) is 17.9. The summed E-state index contributed by atoms with van der Waals surface area (Å²) in [4.78, 5) is 39.5. The van der Waals surface area contributed by atoms with E-state index in [0.717, 1.165) is 0 Å². The second-order valence-electron chi connectivity index (χ2n) is 6.79. The van der Waals surface area contributed by atoms with Gasteiger partial charge in [0.25, 0.3) is 5.91 Å². The van der Waals surface area contributed by atoms with E-state index in [0.29, 0.717) is 29.9 Å². The first-order valence-electron chi connectivity index (χ1n) is 8.46. The lowest BCUT2D eigenvalue weighted by atomic mass is 9.92. The highest BCUT2D eigenvalue weighted by molar-refractivity contribution is 6.16. The fourth-order valence-corrected chi connectivity index (χ4v) is 3.19.